The number of imidazole rings is 1. The highest BCUT2D eigenvalue weighted by molar-refractivity contribution is 7.15. The lowest BCUT2D eigenvalue weighted by atomic mass is 10.3. The molecule has 3 heterocycles. The molecule has 0 saturated carbocycles. The topological polar surface area (TPSA) is 45.5 Å². The zero-order valence-corrected chi connectivity index (χ0v) is 12.5. The summed E-state index contributed by atoms with van der Waals surface area (Å²) in [5.41, 5.74) is 4.14. The first-order chi connectivity index (χ1) is 9.29. The van der Waals surface area contributed by atoms with Gasteiger partial charge in [-0.25, -0.2) is 9.97 Å². The first-order valence-corrected chi connectivity index (χ1v) is 7.79. The Bertz CT molecular complexity index is 655. The van der Waals surface area contributed by atoms with Gasteiger partial charge < -0.3 is 10.2 Å². The molecule has 0 unspecified atom stereocenters. The van der Waals surface area contributed by atoms with E-state index in [0.29, 0.717) is 0 Å². The number of nitrogens with one attached hydrogen (secondary N) is 1. The van der Waals surface area contributed by atoms with Crippen molar-refractivity contribution in [3.8, 4) is 0 Å². The molecule has 7 heteroatoms. The van der Waals surface area contributed by atoms with E-state index in [2.05, 4.69) is 43.6 Å². The lowest BCUT2D eigenvalue weighted by molar-refractivity contribution is 0.770. The monoisotopic (exact) mass is 293 g/mol. The van der Waals surface area contributed by atoms with Crippen LogP contribution in [0.3, 0.4) is 0 Å². The average molecular weight is 293 g/mol. The van der Waals surface area contributed by atoms with Crippen LogP contribution in [0.1, 0.15) is 11.4 Å². The van der Waals surface area contributed by atoms with E-state index in [0.717, 1.165) is 29.6 Å². The Morgan fingerprint density at radius 1 is 1.47 bits per heavy atom. The van der Waals surface area contributed by atoms with Crippen molar-refractivity contribution in [2.24, 2.45) is 0 Å². The SMILES string of the molecule is CNCc1c(N(C)Cc2cscn2)nc2sccn12. The minimum absolute atomic E-state index is 0.783. The molecule has 0 spiro atoms. The Morgan fingerprint density at radius 2 is 2.37 bits per heavy atom. The van der Waals surface area contributed by atoms with Crippen LogP contribution in [0.2, 0.25) is 0 Å². The Kier molecular flexibility index (Phi) is 3.50. The van der Waals surface area contributed by atoms with E-state index >= 15 is 0 Å². The van der Waals surface area contributed by atoms with E-state index in [9.17, 15) is 0 Å². The molecule has 0 aliphatic carbocycles. The molecule has 3 aromatic heterocycles. The normalized spacial score (nSPS) is 11.3. The molecule has 0 bridgehead atoms. The smallest absolute Gasteiger partial charge is 0.195 e. The van der Waals surface area contributed by atoms with Gasteiger partial charge in [-0.3, -0.25) is 4.40 Å². The van der Waals surface area contributed by atoms with Gasteiger partial charge >= 0.3 is 0 Å². The molecule has 3 aromatic rings. The molecule has 0 aliphatic heterocycles. The lowest BCUT2D eigenvalue weighted by Crippen LogP contribution is -2.20. The van der Waals surface area contributed by atoms with Crippen LogP contribution in [0.25, 0.3) is 4.96 Å². The maximum atomic E-state index is 4.71. The fraction of sp³-hybridized carbons (Fsp3) is 0.333. The molecule has 0 amide bonds. The van der Waals surface area contributed by atoms with Crippen molar-refractivity contribution in [2.75, 3.05) is 19.0 Å². The van der Waals surface area contributed by atoms with Gasteiger partial charge in [0.25, 0.3) is 0 Å². The van der Waals surface area contributed by atoms with Gasteiger partial charge in [-0.15, -0.1) is 22.7 Å². The van der Waals surface area contributed by atoms with Crippen molar-refractivity contribution >= 4 is 33.5 Å². The summed E-state index contributed by atoms with van der Waals surface area (Å²) in [5.74, 6) is 1.02. The first kappa shape index (κ1) is 12.6. The van der Waals surface area contributed by atoms with Crippen molar-refractivity contribution in [1.82, 2.24) is 19.7 Å². The van der Waals surface area contributed by atoms with Crippen LogP contribution in [-0.2, 0) is 13.1 Å². The quantitative estimate of drug-likeness (QED) is 0.783. The van der Waals surface area contributed by atoms with Gasteiger partial charge in [0.1, 0.15) is 0 Å². The predicted octanol–water partition coefficient (Wildman–Crippen LogP) is 2.21. The summed E-state index contributed by atoms with van der Waals surface area (Å²) in [7, 11) is 4.01. The maximum Gasteiger partial charge on any atom is 0.195 e. The summed E-state index contributed by atoms with van der Waals surface area (Å²) >= 11 is 3.28. The first-order valence-electron chi connectivity index (χ1n) is 5.97. The number of hydrogen-bond acceptors (Lipinski definition) is 6. The summed E-state index contributed by atoms with van der Waals surface area (Å²) in [6.07, 6.45) is 2.07. The third-order valence-electron chi connectivity index (χ3n) is 2.93. The van der Waals surface area contributed by atoms with Crippen molar-refractivity contribution in [1.29, 1.82) is 0 Å². The Morgan fingerprint density at radius 3 is 3.11 bits per heavy atom. The summed E-state index contributed by atoms with van der Waals surface area (Å²) in [5, 5.41) is 7.35. The van der Waals surface area contributed by atoms with Crippen molar-refractivity contribution < 1.29 is 0 Å². The van der Waals surface area contributed by atoms with E-state index in [1.165, 1.54) is 5.69 Å². The lowest BCUT2D eigenvalue weighted by Gasteiger charge is -2.17. The Hall–Kier alpha value is -1.44. The number of anilines is 1. The molecular formula is C12H15N5S2. The second-order valence-electron chi connectivity index (χ2n) is 4.30. The summed E-state index contributed by atoms with van der Waals surface area (Å²) < 4.78 is 2.15. The number of aromatic nitrogens is 3. The molecule has 0 aliphatic rings. The third kappa shape index (κ3) is 2.36. The zero-order chi connectivity index (χ0) is 13.2. The van der Waals surface area contributed by atoms with E-state index in [1.807, 2.05) is 12.6 Å². The number of fused-ring (bicyclic) bond motifs is 1. The molecule has 0 aromatic carbocycles. The fourth-order valence-electron chi connectivity index (χ4n) is 2.09. The van der Waals surface area contributed by atoms with E-state index in [4.69, 9.17) is 4.98 Å². The van der Waals surface area contributed by atoms with Crippen LogP contribution in [0.5, 0.6) is 0 Å². The van der Waals surface area contributed by atoms with Gasteiger partial charge in [0.15, 0.2) is 10.8 Å². The van der Waals surface area contributed by atoms with Gasteiger partial charge in [-0.2, -0.15) is 0 Å². The maximum absolute atomic E-state index is 4.71. The second-order valence-corrected chi connectivity index (χ2v) is 5.90. The minimum atomic E-state index is 0.783. The molecule has 3 rings (SSSR count). The van der Waals surface area contributed by atoms with E-state index in [1.54, 1.807) is 22.7 Å². The van der Waals surface area contributed by atoms with Crippen LogP contribution < -0.4 is 10.2 Å². The molecule has 0 atom stereocenters. The molecule has 1 N–H and O–H groups in total. The highest BCUT2D eigenvalue weighted by atomic mass is 32.1. The van der Waals surface area contributed by atoms with Crippen LogP contribution in [-0.4, -0.2) is 28.5 Å². The van der Waals surface area contributed by atoms with Gasteiger partial charge in [0.05, 0.1) is 23.4 Å². The molecular weight excluding hydrogens is 278 g/mol. The second kappa shape index (κ2) is 5.28. The standard InChI is InChI=1S/C12H15N5S2/c1-13-5-10-11(15-12-17(10)3-4-19-12)16(2)6-9-7-18-8-14-9/h3-4,7-8,13H,5-6H2,1-2H3. The molecule has 0 saturated heterocycles. The van der Waals surface area contributed by atoms with Crippen molar-refractivity contribution in [2.45, 2.75) is 13.1 Å². The summed E-state index contributed by atoms with van der Waals surface area (Å²) in [6, 6.07) is 0. The van der Waals surface area contributed by atoms with Crippen LogP contribution in [0, 0.1) is 0 Å². The van der Waals surface area contributed by atoms with Gasteiger partial charge in [-0.05, 0) is 7.05 Å². The molecule has 0 radical (unpaired) electrons. The number of rotatable bonds is 5. The third-order valence-corrected chi connectivity index (χ3v) is 4.32. The minimum Gasteiger partial charge on any atom is -0.352 e. The molecule has 0 fully saturated rings. The number of hydrogen-bond donors (Lipinski definition) is 1. The highest BCUT2D eigenvalue weighted by Gasteiger charge is 2.16. The number of thiazole rings is 2. The summed E-state index contributed by atoms with van der Waals surface area (Å²) in [6.45, 7) is 1.58. The average Bonchev–Trinajstić information content (AvgIpc) is 3.07. The van der Waals surface area contributed by atoms with E-state index in [-0.39, 0.29) is 0 Å². The highest BCUT2D eigenvalue weighted by Crippen LogP contribution is 2.24. The van der Waals surface area contributed by atoms with Gasteiger partial charge in [-0.1, -0.05) is 0 Å². The predicted molar refractivity (Wildman–Crippen MR) is 80.1 cm³/mol. The zero-order valence-electron chi connectivity index (χ0n) is 10.8. The molecule has 19 heavy (non-hydrogen) atoms. The Balaban J connectivity index is 1.94. The van der Waals surface area contributed by atoms with Crippen LogP contribution >= 0.6 is 22.7 Å². The van der Waals surface area contributed by atoms with E-state index < -0.39 is 0 Å². The van der Waals surface area contributed by atoms with Gasteiger partial charge in [0.2, 0.25) is 0 Å². The van der Waals surface area contributed by atoms with Crippen molar-refractivity contribution in [3.63, 3.8) is 0 Å². The molecule has 5 nitrogen and oxygen atoms in total. The number of nitrogens with zero attached hydrogens (tertiary/aromatic N) is 4. The van der Waals surface area contributed by atoms with Crippen LogP contribution in [0.15, 0.2) is 22.5 Å². The molecule has 100 valence electrons. The Labute approximate surface area is 119 Å². The van der Waals surface area contributed by atoms with Crippen molar-refractivity contribution in [3.05, 3.63) is 33.9 Å². The largest absolute Gasteiger partial charge is 0.352 e. The fourth-order valence-corrected chi connectivity index (χ4v) is 3.37. The summed E-state index contributed by atoms with van der Waals surface area (Å²) in [4.78, 5) is 12.2. The van der Waals surface area contributed by atoms with Crippen LogP contribution in [0.4, 0.5) is 5.82 Å². The van der Waals surface area contributed by atoms with Gasteiger partial charge in [0, 0.05) is 30.5 Å².